The number of carboxylic acids is 1. The summed E-state index contributed by atoms with van der Waals surface area (Å²) in [6, 6.07) is 9.79. The number of amides is 1. The highest BCUT2D eigenvalue weighted by molar-refractivity contribution is 7.16. The maximum atomic E-state index is 11.8. The first-order valence-corrected chi connectivity index (χ1v) is 8.33. The van der Waals surface area contributed by atoms with Crippen molar-refractivity contribution in [2.75, 3.05) is 5.32 Å². The van der Waals surface area contributed by atoms with E-state index in [1.54, 1.807) is 20.8 Å². The molecule has 0 unspecified atom stereocenters. The number of anilines is 1. The quantitative estimate of drug-likeness (QED) is 0.853. The van der Waals surface area contributed by atoms with E-state index < -0.39 is 17.7 Å². The molecule has 0 aliphatic heterocycles. The Morgan fingerprint density at radius 3 is 2.46 bits per heavy atom. The van der Waals surface area contributed by atoms with Crippen molar-refractivity contribution < 1.29 is 19.4 Å². The van der Waals surface area contributed by atoms with Crippen LogP contribution in [0.1, 0.15) is 41.7 Å². The van der Waals surface area contributed by atoms with Gasteiger partial charge in [0.1, 0.15) is 5.60 Å². The van der Waals surface area contributed by atoms with Crippen LogP contribution >= 0.6 is 11.3 Å². The van der Waals surface area contributed by atoms with Crippen molar-refractivity contribution in [2.24, 2.45) is 0 Å². The van der Waals surface area contributed by atoms with Crippen molar-refractivity contribution in [3.05, 3.63) is 46.5 Å². The van der Waals surface area contributed by atoms with Gasteiger partial charge in [0.25, 0.3) is 0 Å². The van der Waals surface area contributed by atoms with Crippen molar-refractivity contribution in [3.8, 4) is 0 Å². The number of aromatic nitrogens is 1. The van der Waals surface area contributed by atoms with E-state index in [1.807, 2.05) is 30.3 Å². The van der Waals surface area contributed by atoms with Gasteiger partial charge in [0, 0.05) is 4.88 Å². The molecule has 6 nitrogen and oxygen atoms in total. The number of ether oxygens (including phenoxy) is 1. The van der Waals surface area contributed by atoms with Crippen LogP contribution in [0.2, 0.25) is 0 Å². The molecule has 1 heterocycles. The van der Waals surface area contributed by atoms with Crippen LogP contribution in [0.4, 0.5) is 9.93 Å². The Balaban J connectivity index is 2.09. The Bertz CT molecular complexity index is 720. The minimum Gasteiger partial charge on any atom is -0.476 e. The van der Waals surface area contributed by atoms with Gasteiger partial charge in [-0.05, 0) is 39.2 Å². The van der Waals surface area contributed by atoms with Crippen molar-refractivity contribution in [3.63, 3.8) is 0 Å². The van der Waals surface area contributed by atoms with Gasteiger partial charge in [-0.2, -0.15) is 0 Å². The minimum absolute atomic E-state index is 0.0259. The van der Waals surface area contributed by atoms with Crippen LogP contribution in [0.3, 0.4) is 0 Å². The van der Waals surface area contributed by atoms with Gasteiger partial charge >= 0.3 is 12.1 Å². The molecule has 0 saturated heterocycles. The molecule has 2 rings (SSSR count). The fourth-order valence-electron chi connectivity index (χ4n) is 2.04. The molecule has 0 radical (unpaired) electrons. The monoisotopic (exact) mass is 348 g/mol. The molecule has 2 aromatic rings. The van der Waals surface area contributed by atoms with Crippen molar-refractivity contribution >= 4 is 28.5 Å². The van der Waals surface area contributed by atoms with Crippen LogP contribution in [0.25, 0.3) is 0 Å². The highest BCUT2D eigenvalue weighted by Gasteiger charge is 2.21. The Hall–Kier alpha value is -2.41. The van der Waals surface area contributed by atoms with E-state index in [2.05, 4.69) is 10.3 Å². The van der Waals surface area contributed by atoms with E-state index in [-0.39, 0.29) is 10.8 Å². The van der Waals surface area contributed by atoms with E-state index in [0.29, 0.717) is 17.7 Å². The third kappa shape index (κ3) is 5.34. The Morgan fingerprint density at radius 1 is 1.21 bits per heavy atom. The molecule has 0 aliphatic carbocycles. The predicted octanol–water partition coefficient (Wildman–Crippen LogP) is 3.97. The van der Waals surface area contributed by atoms with E-state index in [4.69, 9.17) is 4.74 Å². The van der Waals surface area contributed by atoms with Crippen LogP contribution in [0, 0.1) is 0 Å². The molecule has 0 aliphatic rings. The molecule has 7 heteroatoms. The summed E-state index contributed by atoms with van der Waals surface area (Å²) >= 11 is 1.16. The maximum absolute atomic E-state index is 11.8. The summed E-state index contributed by atoms with van der Waals surface area (Å²) in [5, 5.41) is 12.0. The summed E-state index contributed by atoms with van der Waals surface area (Å²) in [6.07, 6.45) is 0.594. The summed E-state index contributed by atoms with van der Waals surface area (Å²) < 4.78 is 5.15. The molecule has 128 valence electrons. The predicted molar refractivity (Wildman–Crippen MR) is 92.8 cm³/mol. The van der Waals surface area contributed by atoms with Gasteiger partial charge in [0.15, 0.2) is 10.8 Å². The number of rotatable bonds is 5. The Kier molecular flexibility index (Phi) is 5.56. The third-order valence-corrected chi connectivity index (χ3v) is 4.02. The second-order valence-corrected chi connectivity index (χ2v) is 7.29. The molecule has 0 bridgehead atoms. The normalized spacial score (nSPS) is 11.1. The van der Waals surface area contributed by atoms with Gasteiger partial charge in [0.05, 0.1) is 0 Å². The van der Waals surface area contributed by atoms with Crippen LogP contribution in [0.5, 0.6) is 0 Å². The zero-order chi connectivity index (χ0) is 17.7. The third-order valence-electron chi connectivity index (χ3n) is 2.99. The van der Waals surface area contributed by atoms with E-state index in [9.17, 15) is 14.7 Å². The lowest BCUT2D eigenvalue weighted by Gasteiger charge is -2.18. The van der Waals surface area contributed by atoms with Gasteiger partial charge < -0.3 is 9.84 Å². The van der Waals surface area contributed by atoms with Crippen molar-refractivity contribution in [1.82, 2.24) is 4.98 Å². The largest absolute Gasteiger partial charge is 0.476 e. The number of thiazole rings is 1. The lowest BCUT2D eigenvalue weighted by molar-refractivity contribution is 0.0632. The number of benzene rings is 1. The minimum atomic E-state index is -1.11. The first-order chi connectivity index (χ1) is 11.2. The smallest absolute Gasteiger partial charge is 0.413 e. The van der Waals surface area contributed by atoms with Crippen LogP contribution in [0.15, 0.2) is 30.3 Å². The van der Waals surface area contributed by atoms with E-state index >= 15 is 0 Å². The number of aryl methyl sites for hydroxylation is 2. The summed E-state index contributed by atoms with van der Waals surface area (Å²) in [5.74, 6) is -1.11. The van der Waals surface area contributed by atoms with Gasteiger partial charge in [-0.25, -0.2) is 14.6 Å². The molecule has 2 N–H and O–H groups in total. The Labute approximate surface area is 144 Å². The second kappa shape index (κ2) is 7.44. The SMILES string of the molecule is CC(C)(C)OC(=O)Nc1nc(C(=O)O)c(CCc2ccccc2)s1. The molecule has 0 atom stereocenters. The summed E-state index contributed by atoms with van der Waals surface area (Å²) in [6.45, 7) is 5.26. The van der Waals surface area contributed by atoms with Gasteiger partial charge in [0.2, 0.25) is 0 Å². The summed E-state index contributed by atoms with van der Waals surface area (Å²) in [4.78, 5) is 27.8. The lowest BCUT2D eigenvalue weighted by Crippen LogP contribution is -2.27. The number of carbonyl (C=O) groups is 2. The first kappa shape index (κ1) is 17.9. The average Bonchev–Trinajstić information content (AvgIpc) is 2.87. The number of nitrogens with one attached hydrogen (secondary N) is 1. The standard InChI is InChI=1S/C17H20N2O4S/c1-17(2,3)23-16(22)19-15-18-13(14(20)21)12(24-15)10-9-11-7-5-4-6-8-11/h4-8H,9-10H2,1-3H3,(H,20,21)(H,18,19,22). The lowest BCUT2D eigenvalue weighted by atomic mass is 10.1. The molecule has 1 aromatic carbocycles. The number of hydrogen-bond donors (Lipinski definition) is 2. The summed E-state index contributed by atoms with van der Waals surface area (Å²) in [5.41, 5.74) is 0.457. The molecule has 1 amide bonds. The number of carbonyl (C=O) groups excluding carboxylic acids is 1. The topological polar surface area (TPSA) is 88.5 Å². The number of aromatic carboxylic acids is 1. The number of nitrogens with zero attached hydrogens (tertiary/aromatic N) is 1. The molecule has 0 spiro atoms. The zero-order valence-electron chi connectivity index (χ0n) is 13.8. The molecular formula is C17H20N2O4S. The highest BCUT2D eigenvalue weighted by atomic mass is 32.1. The van der Waals surface area contributed by atoms with Crippen LogP contribution < -0.4 is 5.32 Å². The second-order valence-electron chi connectivity index (χ2n) is 6.21. The molecule has 1 aromatic heterocycles. The fourth-order valence-corrected chi connectivity index (χ4v) is 2.97. The molecule has 0 saturated carbocycles. The molecule has 0 fully saturated rings. The Morgan fingerprint density at radius 2 is 1.88 bits per heavy atom. The maximum Gasteiger partial charge on any atom is 0.413 e. The van der Waals surface area contributed by atoms with Crippen molar-refractivity contribution in [1.29, 1.82) is 0 Å². The zero-order valence-corrected chi connectivity index (χ0v) is 14.6. The van der Waals surface area contributed by atoms with Crippen LogP contribution in [-0.4, -0.2) is 27.8 Å². The van der Waals surface area contributed by atoms with E-state index in [0.717, 1.165) is 16.9 Å². The van der Waals surface area contributed by atoms with Crippen molar-refractivity contribution in [2.45, 2.75) is 39.2 Å². The van der Waals surface area contributed by atoms with Gasteiger partial charge in [-0.1, -0.05) is 30.3 Å². The molecular weight excluding hydrogens is 328 g/mol. The van der Waals surface area contributed by atoms with Crippen LogP contribution in [-0.2, 0) is 17.6 Å². The first-order valence-electron chi connectivity index (χ1n) is 7.51. The summed E-state index contributed by atoms with van der Waals surface area (Å²) in [7, 11) is 0. The number of hydrogen-bond acceptors (Lipinski definition) is 5. The van der Waals surface area contributed by atoms with E-state index in [1.165, 1.54) is 0 Å². The molecule has 24 heavy (non-hydrogen) atoms. The van der Waals surface area contributed by atoms with Gasteiger partial charge in [-0.15, -0.1) is 11.3 Å². The van der Waals surface area contributed by atoms with Gasteiger partial charge in [-0.3, -0.25) is 5.32 Å². The highest BCUT2D eigenvalue weighted by Crippen LogP contribution is 2.25. The average molecular weight is 348 g/mol. The fraction of sp³-hybridized carbons (Fsp3) is 0.353. The number of carboxylic acid groups (broad SMARTS) is 1.